The molecule has 0 bridgehead atoms. The van der Waals surface area contributed by atoms with E-state index < -0.39 is 16.0 Å². The molecule has 0 radical (unpaired) electrons. The molecule has 0 spiro atoms. The predicted octanol–water partition coefficient (Wildman–Crippen LogP) is 2.10. The van der Waals surface area contributed by atoms with Crippen LogP contribution >= 0.6 is 0 Å². The van der Waals surface area contributed by atoms with Crippen molar-refractivity contribution in [3.8, 4) is 0 Å². The summed E-state index contributed by atoms with van der Waals surface area (Å²) in [5.74, 6) is -1.26. The molecule has 8 heteroatoms. The van der Waals surface area contributed by atoms with Crippen molar-refractivity contribution < 1.29 is 23.1 Å². The van der Waals surface area contributed by atoms with Crippen molar-refractivity contribution in [2.75, 3.05) is 19.6 Å². The zero-order chi connectivity index (χ0) is 19.5. The molecule has 7 nitrogen and oxygen atoms in total. The van der Waals surface area contributed by atoms with Crippen molar-refractivity contribution >= 4 is 21.9 Å². The lowest BCUT2D eigenvalue weighted by molar-refractivity contribution is -0.137. The number of sulfonamides is 1. The molecule has 1 unspecified atom stereocenters. The van der Waals surface area contributed by atoms with E-state index in [-0.39, 0.29) is 28.8 Å². The van der Waals surface area contributed by atoms with Crippen molar-refractivity contribution in [1.29, 1.82) is 0 Å². The molecule has 1 atom stereocenters. The average molecular weight is 382 g/mol. The molecule has 1 amide bonds. The number of hydrogen-bond donors (Lipinski definition) is 1. The fourth-order valence-corrected chi connectivity index (χ4v) is 5.11. The minimum Gasteiger partial charge on any atom is -0.481 e. The molecule has 1 aliphatic rings. The normalized spacial score (nSPS) is 17.7. The minimum absolute atomic E-state index is 0.0950. The van der Waals surface area contributed by atoms with E-state index in [0.717, 1.165) is 6.42 Å². The second kappa shape index (κ2) is 8.18. The Labute approximate surface area is 154 Å². The van der Waals surface area contributed by atoms with Gasteiger partial charge in [-0.25, -0.2) is 8.42 Å². The Balaban J connectivity index is 2.37. The molecule has 1 saturated heterocycles. The van der Waals surface area contributed by atoms with Gasteiger partial charge in [0.15, 0.2) is 0 Å². The first-order valence-corrected chi connectivity index (χ1v) is 10.3. The molecule has 1 aliphatic heterocycles. The molecular formula is C18H26N2O5S. The van der Waals surface area contributed by atoms with Gasteiger partial charge in [0.05, 0.1) is 11.3 Å². The highest BCUT2D eigenvalue weighted by Crippen LogP contribution is 2.26. The maximum absolute atomic E-state index is 12.9. The standard InChI is InChI=1S/C18H26N2O5S/c1-4-19(5-2)26(24,25)16-11-14(9-8-13(16)3)18(23)20-10-6-7-15(20)12-17(21)22/h8-9,11,15H,4-7,10,12H2,1-3H3,(H,21,22). The molecule has 1 heterocycles. The van der Waals surface area contributed by atoms with Crippen LogP contribution in [0.2, 0.25) is 0 Å². The van der Waals surface area contributed by atoms with E-state index in [1.165, 1.54) is 10.4 Å². The van der Waals surface area contributed by atoms with Gasteiger partial charge in [0.1, 0.15) is 0 Å². The number of hydrogen-bond acceptors (Lipinski definition) is 4. The van der Waals surface area contributed by atoms with Gasteiger partial charge in [-0.2, -0.15) is 4.31 Å². The van der Waals surface area contributed by atoms with E-state index >= 15 is 0 Å². The maximum Gasteiger partial charge on any atom is 0.305 e. The molecule has 1 aromatic carbocycles. The second-order valence-corrected chi connectivity index (χ2v) is 8.37. The number of amides is 1. The third-order valence-corrected chi connectivity index (χ3v) is 7.00. The summed E-state index contributed by atoms with van der Waals surface area (Å²) in [5.41, 5.74) is 0.857. The fourth-order valence-electron chi connectivity index (χ4n) is 3.40. The van der Waals surface area contributed by atoms with Gasteiger partial charge in [0.25, 0.3) is 5.91 Å². The van der Waals surface area contributed by atoms with Crippen LogP contribution in [0.3, 0.4) is 0 Å². The molecule has 2 rings (SSSR count). The lowest BCUT2D eigenvalue weighted by Crippen LogP contribution is -2.37. The van der Waals surface area contributed by atoms with Gasteiger partial charge in [-0.05, 0) is 37.5 Å². The minimum atomic E-state index is -3.68. The Morgan fingerprint density at radius 2 is 1.92 bits per heavy atom. The van der Waals surface area contributed by atoms with Gasteiger partial charge in [-0.1, -0.05) is 19.9 Å². The van der Waals surface area contributed by atoms with Crippen LogP contribution in [0.15, 0.2) is 23.1 Å². The molecular weight excluding hydrogens is 356 g/mol. The van der Waals surface area contributed by atoms with E-state index in [0.29, 0.717) is 31.6 Å². The highest BCUT2D eigenvalue weighted by Gasteiger charge is 2.32. The summed E-state index contributed by atoms with van der Waals surface area (Å²) < 4.78 is 27.0. The van der Waals surface area contributed by atoms with Crippen LogP contribution in [0.1, 0.15) is 49.0 Å². The SMILES string of the molecule is CCN(CC)S(=O)(=O)c1cc(C(=O)N2CCCC2CC(=O)O)ccc1C. The lowest BCUT2D eigenvalue weighted by Gasteiger charge is -2.24. The van der Waals surface area contributed by atoms with E-state index in [9.17, 15) is 18.0 Å². The quantitative estimate of drug-likeness (QED) is 0.779. The summed E-state index contributed by atoms with van der Waals surface area (Å²) in [6.07, 6.45) is 1.30. The Morgan fingerprint density at radius 3 is 2.50 bits per heavy atom. The summed E-state index contributed by atoms with van der Waals surface area (Å²) >= 11 is 0. The molecule has 144 valence electrons. The lowest BCUT2D eigenvalue weighted by atomic mass is 10.1. The largest absolute Gasteiger partial charge is 0.481 e. The highest BCUT2D eigenvalue weighted by atomic mass is 32.2. The van der Waals surface area contributed by atoms with Crippen LogP contribution in [0.25, 0.3) is 0 Å². The van der Waals surface area contributed by atoms with Crippen molar-refractivity contribution in [1.82, 2.24) is 9.21 Å². The van der Waals surface area contributed by atoms with Crippen LogP contribution < -0.4 is 0 Å². The number of aryl methyl sites for hydroxylation is 1. The third-order valence-electron chi connectivity index (χ3n) is 4.81. The Hall–Kier alpha value is -1.93. The van der Waals surface area contributed by atoms with Crippen molar-refractivity contribution in [2.45, 2.75) is 51.0 Å². The van der Waals surface area contributed by atoms with Gasteiger partial charge >= 0.3 is 5.97 Å². The maximum atomic E-state index is 12.9. The van der Waals surface area contributed by atoms with Crippen LogP contribution in [-0.2, 0) is 14.8 Å². The van der Waals surface area contributed by atoms with E-state index in [4.69, 9.17) is 5.11 Å². The van der Waals surface area contributed by atoms with Gasteiger partial charge < -0.3 is 10.0 Å². The number of nitrogens with zero attached hydrogens (tertiary/aromatic N) is 2. The first-order valence-electron chi connectivity index (χ1n) is 8.85. The number of carbonyl (C=O) groups is 2. The number of carbonyl (C=O) groups excluding carboxylic acids is 1. The third kappa shape index (κ3) is 4.07. The van der Waals surface area contributed by atoms with E-state index in [2.05, 4.69) is 0 Å². The Bertz CT molecular complexity index is 787. The van der Waals surface area contributed by atoms with E-state index in [1.807, 2.05) is 0 Å². The molecule has 0 aliphatic carbocycles. The van der Waals surface area contributed by atoms with Crippen LogP contribution in [0, 0.1) is 6.92 Å². The first kappa shape index (κ1) is 20.4. The molecule has 26 heavy (non-hydrogen) atoms. The molecule has 1 N–H and O–H groups in total. The smallest absolute Gasteiger partial charge is 0.305 e. The topological polar surface area (TPSA) is 95.0 Å². The fraction of sp³-hybridized carbons (Fsp3) is 0.556. The summed E-state index contributed by atoms with van der Waals surface area (Å²) in [7, 11) is -3.68. The first-order chi connectivity index (χ1) is 12.2. The zero-order valence-corrected chi connectivity index (χ0v) is 16.3. The number of aliphatic carboxylic acids is 1. The molecule has 0 saturated carbocycles. The van der Waals surface area contributed by atoms with Crippen molar-refractivity contribution in [2.24, 2.45) is 0 Å². The molecule has 1 aromatic rings. The van der Waals surface area contributed by atoms with Gasteiger partial charge in [0, 0.05) is 31.2 Å². The zero-order valence-electron chi connectivity index (χ0n) is 15.4. The van der Waals surface area contributed by atoms with Gasteiger partial charge in [-0.15, -0.1) is 0 Å². The summed E-state index contributed by atoms with van der Waals surface area (Å²) in [6.45, 7) is 6.43. The Kier molecular flexibility index (Phi) is 6.41. The number of carboxylic acid groups (broad SMARTS) is 1. The Morgan fingerprint density at radius 1 is 1.27 bits per heavy atom. The highest BCUT2D eigenvalue weighted by molar-refractivity contribution is 7.89. The van der Waals surface area contributed by atoms with Crippen molar-refractivity contribution in [3.63, 3.8) is 0 Å². The summed E-state index contributed by atoms with van der Waals surface area (Å²) in [6, 6.07) is 4.31. The monoisotopic (exact) mass is 382 g/mol. The van der Waals surface area contributed by atoms with Gasteiger partial charge in [-0.3, -0.25) is 9.59 Å². The van der Waals surface area contributed by atoms with E-state index in [1.54, 1.807) is 37.8 Å². The number of benzene rings is 1. The number of rotatable bonds is 7. The molecule has 1 fully saturated rings. The van der Waals surface area contributed by atoms with Crippen LogP contribution in [0.5, 0.6) is 0 Å². The molecule has 0 aromatic heterocycles. The van der Waals surface area contributed by atoms with Crippen LogP contribution in [-0.4, -0.2) is 60.3 Å². The number of likely N-dealkylation sites (tertiary alicyclic amines) is 1. The summed E-state index contributed by atoms with van der Waals surface area (Å²) in [4.78, 5) is 25.5. The summed E-state index contributed by atoms with van der Waals surface area (Å²) in [5, 5.41) is 9.02. The van der Waals surface area contributed by atoms with Gasteiger partial charge in [0.2, 0.25) is 10.0 Å². The predicted molar refractivity (Wildman–Crippen MR) is 97.6 cm³/mol. The average Bonchev–Trinajstić information content (AvgIpc) is 3.02. The number of carboxylic acids is 1. The van der Waals surface area contributed by atoms with Crippen LogP contribution in [0.4, 0.5) is 0 Å². The second-order valence-electron chi connectivity index (χ2n) is 6.46. The van der Waals surface area contributed by atoms with Crippen molar-refractivity contribution in [3.05, 3.63) is 29.3 Å².